The van der Waals surface area contributed by atoms with Crippen LogP contribution in [-0.4, -0.2) is 75.6 Å². The minimum Gasteiger partial charge on any atom is -0.472 e. The Hall–Kier alpha value is -3.85. The van der Waals surface area contributed by atoms with E-state index in [9.17, 15) is 19.1 Å². The Bertz CT molecular complexity index is 1220. The first-order chi connectivity index (χ1) is 17.3. The van der Waals surface area contributed by atoms with Crippen molar-refractivity contribution in [2.75, 3.05) is 26.7 Å². The predicted molar refractivity (Wildman–Crippen MR) is 132 cm³/mol. The number of fused-ring (bicyclic) bond motifs is 1. The van der Waals surface area contributed by atoms with E-state index < -0.39 is 12.1 Å². The summed E-state index contributed by atoms with van der Waals surface area (Å²) in [5, 5.41) is 9.84. The first-order valence-corrected chi connectivity index (χ1v) is 11.8. The molecule has 0 unspecified atom stereocenters. The number of aliphatic hydroxyl groups excluding tert-OH is 1. The van der Waals surface area contributed by atoms with E-state index in [4.69, 9.17) is 4.74 Å². The van der Waals surface area contributed by atoms with Crippen molar-refractivity contribution in [2.45, 2.75) is 26.0 Å². The summed E-state index contributed by atoms with van der Waals surface area (Å²) in [6.07, 6.45) is 4.24. The second-order valence-corrected chi connectivity index (χ2v) is 9.13. The highest BCUT2D eigenvalue weighted by Crippen LogP contribution is 2.30. The lowest BCUT2D eigenvalue weighted by molar-refractivity contribution is 0.0313. The van der Waals surface area contributed by atoms with E-state index in [0.717, 1.165) is 0 Å². The molecule has 8 nitrogen and oxygen atoms in total. The number of aliphatic hydroxyl groups is 1. The minimum absolute atomic E-state index is 0.155. The number of pyridine rings is 2. The lowest BCUT2D eigenvalue weighted by atomic mass is 9.99. The van der Waals surface area contributed by atoms with Crippen molar-refractivity contribution in [3.05, 3.63) is 78.0 Å². The van der Waals surface area contributed by atoms with Gasteiger partial charge in [-0.2, -0.15) is 0 Å². The summed E-state index contributed by atoms with van der Waals surface area (Å²) >= 11 is 0. The lowest BCUT2D eigenvalue weighted by Gasteiger charge is -2.37. The van der Waals surface area contributed by atoms with Gasteiger partial charge in [-0.25, -0.2) is 9.37 Å². The summed E-state index contributed by atoms with van der Waals surface area (Å²) in [7, 11) is 1.70. The summed E-state index contributed by atoms with van der Waals surface area (Å²) in [4.78, 5) is 38.1. The van der Waals surface area contributed by atoms with Crippen LogP contribution >= 0.6 is 0 Å². The second kappa shape index (κ2) is 10.8. The summed E-state index contributed by atoms with van der Waals surface area (Å²) < 4.78 is 19.7. The first-order valence-electron chi connectivity index (χ1n) is 11.8. The van der Waals surface area contributed by atoms with E-state index in [1.54, 1.807) is 72.7 Å². The second-order valence-electron chi connectivity index (χ2n) is 9.13. The molecule has 1 aromatic carbocycles. The van der Waals surface area contributed by atoms with Crippen molar-refractivity contribution in [3.63, 3.8) is 0 Å². The number of hydrogen-bond donors (Lipinski definition) is 1. The zero-order chi connectivity index (χ0) is 25.8. The highest BCUT2D eigenvalue weighted by Gasteiger charge is 2.35. The van der Waals surface area contributed by atoms with Crippen LogP contribution in [0.2, 0.25) is 0 Å². The van der Waals surface area contributed by atoms with Gasteiger partial charge in [-0.1, -0.05) is 19.1 Å². The summed E-state index contributed by atoms with van der Waals surface area (Å²) in [5.74, 6) is -0.853. The van der Waals surface area contributed by atoms with Gasteiger partial charge in [0.2, 0.25) is 5.88 Å². The number of rotatable bonds is 6. The molecule has 3 aromatic rings. The van der Waals surface area contributed by atoms with E-state index in [-0.39, 0.29) is 48.1 Å². The topological polar surface area (TPSA) is 95.9 Å². The standard InChI is InChI=1S/C27H29FN4O4/c1-17-14-32(18(2)16-33)27(35)23-12-21(19-4-6-22(28)7-5-19)13-30-25(23)36-24(17)15-31(3)26(34)20-8-10-29-11-9-20/h4-13,17-18,24,33H,14-16H2,1-3H3/t17-,18+,24+/m0/s1. The van der Waals surface area contributed by atoms with Gasteiger partial charge in [-0.3, -0.25) is 14.6 Å². The molecule has 36 heavy (non-hydrogen) atoms. The molecule has 2 amide bonds. The quantitative estimate of drug-likeness (QED) is 0.568. The van der Waals surface area contributed by atoms with Gasteiger partial charge < -0.3 is 19.6 Å². The van der Waals surface area contributed by atoms with Crippen LogP contribution in [0.4, 0.5) is 4.39 Å². The highest BCUT2D eigenvalue weighted by molar-refractivity contribution is 5.98. The predicted octanol–water partition coefficient (Wildman–Crippen LogP) is 3.28. The number of ether oxygens (including phenoxy) is 1. The van der Waals surface area contributed by atoms with Crippen LogP contribution in [0.25, 0.3) is 11.1 Å². The van der Waals surface area contributed by atoms with Crippen LogP contribution in [0.5, 0.6) is 5.88 Å². The van der Waals surface area contributed by atoms with Crippen LogP contribution in [-0.2, 0) is 0 Å². The zero-order valence-corrected chi connectivity index (χ0v) is 20.5. The number of aromatic nitrogens is 2. The maximum absolute atomic E-state index is 13.6. The third-order valence-electron chi connectivity index (χ3n) is 6.43. The Balaban J connectivity index is 1.68. The summed E-state index contributed by atoms with van der Waals surface area (Å²) in [5.41, 5.74) is 2.10. The smallest absolute Gasteiger partial charge is 0.259 e. The van der Waals surface area contributed by atoms with Gasteiger partial charge in [0.15, 0.2) is 0 Å². The van der Waals surface area contributed by atoms with E-state index in [2.05, 4.69) is 9.97 Å². The lowest BCUT2D eigenvalue weighted by Crippen LogP contribution is -2.50. The Morgan fingerprint density at radius 1 is 1.22 bits per heavy atom. The van der Waals surface area contributed by atoms with Gasteiger partial charge in [0.25, 0.3) is 11.8 Å². The Kier molecular flexibility index (Phi) is 7.59. The molecular formula is C27H29FN4O4. The number of carbonyl (C=O) groups is 2. The summed E-state index contributed by atoms with van der Waals surface area (Å²) in [6.45, 7) is 4.10. The molecule has 0 radical (unpaired) electrons. The molecule has 1 aliphatic rings. The van der Waals surface area contributed by atoms with Gasteiger partial charge in [0.05, 0.1) is 19.2 Å². The number of carbonyl (C=O) groups excluding carboxylic acids is 2. The molecule has 188 valence electrons. The van der Waals surface area contributed by atoms with Crippen molar-refractivity contribution in [3.8, 4) is 17.0 Å². The molecule has 0 aliphatic carbocycles. The molecule has 0 bridgehead atoms. The average molecular weight is 493 g/mol. The molecule has 1 N–H and O–H groups in total. The molecule has 9 heteroatoms. The maximum Gasteiger partial charge on any atom is 0.259 e. The van der Waals surface area contributed by atoms with E-state index in [1.165, 1.54) is 12.1 Å². The Morgan fingerprint density at radius 2 is 1.92 bits per heavy atom. The molecule has 0 saturated carbocycles. The number of hydrogen-bond acceptors (Lipinski definition) is 6. The number of amides is 2. The van der Waals surface area contributed by atoms with E-state index >= 15 is 0 Å². The van der Waals surface area contributed by atoms with Crippen LogP contribution in [0.3, 0.4) is 0 Å². The fraction of sp³-hybridized carbons (Fsp3) is 0.333. The third-order valence-corrected chi connectivity index (χ3v) is 6.43. The van der Waals surface area contributed by atoms with Crippen molar-refractivity contribution in [1.29, 1.82) is 0 Å². The minimum atomic E-state index is -0.467. The zero-order valence-electron chi connectivity index (χ0n) is 20.5. The Morgan fingerprint density at radius 3 is 2.58 bits per heavy atom. The highest BCUT2D eigenvalue weighted by atomic mass is 19.1. The number of likely N-dealkylation sites (N-methyl/N-ethyl adjacent to an activating group) is 1. The van der Waals surface area contributed by atoms with Gasteiger partial charge in [-0.15, -0.1) is 0 Å². The maximum atomic E-state index is 13.6. The van der Waals surface area contributed by atoms with Gasteiger partial charge >= 0.3 is 0 Å². The molecule has 4 rings (SSSR count). The van der Waals surface area contributed by atoms with Crippen LogP contribution in [0.15, 0.2) is 61.1 Å². The van der Waals surface area contributed by atoms with Crippen LogP contribution in [0.1, 0.15) is 34.6 Å². The van der Waals surface area contributed by atoms with Crippen LogP contribution < -0.4 is 4.74 Å². The van der Waals surface area contributed by atoms with Crippen molar-refractivity contribution < 1.29 is 23.8 Å². The molecule has 0 spiro atoms. The third kappa shape index (κ3) is 5.36. The van der Waals surface area contributed by atoms with E-state index in [1.807, 2.05) is 6.92 Å². The molecule has 2 aromatic heterocycles. The number of halogens is 1. The van der Waals surface area contributed by atoms with Crippen molar-refractivity contribution in [2.24, 2.45) is 5.92 Å². The average Bonchev–Trinajstić information content (AvgIpc) is 2.90. The largest absolute Gasteiger partial charge is 0.472 e. The van der Waals surface area contributed by atoms with Crippen molar-refractivity contribution >= 4 is 11.8 Å². The number of benzene rings is 1. The Labute approximate surface area is 209 Å². The van der Waals surface area contributed by atoms with E-state index in [0.29, 0.717) is 23.2 Å². The van der Waals surface area contributed by atoms with Gasteiger partial charge in [-0.05, 0) is 42.8 Å². The molecular weight excluding hydrogens is 463 g/mol. The van der Waals surface area contributed by atoms with Crippen LogP contribution in [0, 0.1) is 11.7 Å². The van der Waals surface area contributed by atoms with Crippen molar-refractivity contribution in [1.82, 2.24) is 19.8 Å². The monoisotopic (exact) mass is 492 g/mol. The number of nitrogens with zero attached hydrogens (tertiary/aromatic N) is 4. The van der Waals surface area contributed by atoms with Gasteiger partial charge in [0, 0.05) is 49.2 Å². The summed E-state index contributed by atoms with van der Waals surface area (Å²) in [6, 6.07) is 10.5. The fourth-order valence-corrected chi connectivity index (χ4v) is 4.19. The first kappa shape index (κ1) is 25.2. The molecule has 0 fully saturated rings. The van der Waals surface area contributed by atoms with Gasteiger partial charge in [0.1, 0.15) is 17.5 Å². The molecule has 1 aliphatic heterocycles. The fourth-order valence-electron chi connectivity index (χ4n) is 4.19. The SMILES string of the molecule is C[C@H](CO)N1C[C@H](C)[C@@H](CN(C)C(=O)c2ccncc2)Oc2ncc(-c3ccc(F)cc3)cc2C1=O. The molecule has 3 heterocycles. The molecule has 0 saturated heterocycles. The molecule has 3 atom stereocenters. The normalized spacial score (nSPS) is 18.5.